The Bertz CT molecular complexity index is 634. The van der Waals surface area contributed by atoms with Crippen LogP contribution in [-0.2, 0) is 0 Å². The minimum atomic E-state index is -0.518. The zero-order chi connectivity index (χ0) is 13.1. The number of benzene rings is 1. The van der Waals surface area contributed by atoms with Gasteiger partial charge in [0, 0.05) is 6.07 Å². The van der Waals surface area contributed by atoms with E-state index in [2.05, 4.69) is 10.2 Å². The predicted octanol–water partition coefficient (Wildman–Crippen LogP) is 2.71. The standard InChI is InChI=1S/C10H9N3O4S/c1-2-16-8-6(9-11-12-10(18)17-9)4-3-5-7(8)13(14)15/h3-5H,2H2,1H3,(H,12,18). The number of hydrogen-bond donors (Lipinski definition) is 1. The van der Waals surface area contributed by atoms with Crippen molar-refractivity contribution in [2.24, 2.45) is 0 Å². The minimum Gasteiger partial charge on any atom is -0.487 e. The average molecular weight is 267 g/mol. The summed E-state index contributed by atoms with van der Waals surface area (Å²) in [6, 6.07) is 4.51. The lowest BCUT2D eigenvalue weighted by Gasteiger charge is -2.07. The third-order valence-electron chi connectivity index (χ3n) is 2.15. The summed E-state index contributed by atoms with van der Waals surface area (Å²) in [7, 11) is 0. The highest BCUT2D eigenvalue weighted by atomic mass is 32.1. The van der Waals surface area contributed by atoms with Crippen molar-refractivity contribution in [3.8, 4) is 17.2 Å². The van der Waals surface area contributed by atoms with Crippen molar-refractivity contribution in [1.29, 1.82) is 0 Å². The van der Waals surface area contributed by atoms with Gasteiger partial charge in [-0.1, -0.05) is 6.07 Å². The molecule has 0 unspecified atom stereocenters. The van der Waals surface area contributed by atoms with Gasteiger partial charge in [0.25, 0.3) is 10.7 Å². The first kappa shape index (κ1) is 12.2. The molecule has 18 heavy (non-hydrogen) atoms. The Morgan fingerprint density at radius 2 is 2.39 bits per heavy atom. The molecule has 0 fully saturated rings. The van der Waals surface area contributed by atoms with E-state index >= 15 is 0 Å². The van der Waals surface area contributed by atoms with Gasteiger partial charge in [0.15, 0.2) is 0 Å². The van der Waals surface area contributed by atoms with Gasteiger partial charge in [-0.25, -0.2) is 5.10 Å². The smallest absolute Gasteiger partial charge is 0.311 e. The molecule has 1 heterocycles. The van der Waals surface area contributed by atoms with E-state index in [9.17, 15) is 10.1 Å². The molecule has 8 heteroatoms. The number of para-hydroxylation sites is 1. The minimum absolute atomic E-state index is 0.0963. The van der Waals surface area contributed by atoms with Gasteiger partial charge in [0.05, 0.1) is 17.1 Å². The lowest BCUT2D eigenvalue weighted by molar-refractivity contribution is -0.385. The van der Waals surface area contributed by atoms with Crippen LogP contribution in [0, 0.1) is 15.0 Å². The number of H-pyrrole nitrogens is 1. The molecule has 94 valence electrons. The Morgan fingerprint density at radius 3 is 2.94 bits per heavy atom. The van der Waals surface area contributed by atoms with E-state index < -0.39 is 4.92 Å². The second-order valence-electron chi connectivity index (χ2n) is 3.26. The monoisotopic (exact) mass is 267 g/mol. The highest BCUT2D eigenvalue weighted by Gasteiger charge is 2.22. The van der Waals surface area contributed by atoms with E-state index in [0.717, 1.165) is 0 Å². The van der Waals surface area contributed by atoms with Crippen molar-refractivity contribution >= 4 is 17.9 Å². The number of aromatic amines is 1. The van der Waals surface area contributed by atoms with Crippen LogP contribution in [0.15, 0.2) is 22.6 Å². The maximum Gasteiger partial charge on any atom is 0.311 e. The third-order valence-corrected chi connectivity index (χ3v) is 2.32. The Balaban J connectivity index is 2.62. The Hall–Kier alpha value is -2.22. The molecule has 1 N–H and O–H groups in total. The van der Waals surface area contributed by atoms with Gasteiger partial charge in [-0.3, -0.25) is 10.1 Å². The third kappa shape index (κ3) is 2.23. The number of rotatable bonds is 4. The van der Waals surface area contributed by atoms with Gasteiger partial charge in [-0.15, -0.1) is 5.10 Å². The van der Waals surface area contributed by atoms with Crippen molar-refractivity contribution in [3.05, 3.63) is 33.2 Å². The van der Waals surface area contributed by atoms with Crippen molar-refractivity contribution < 1.29 is 14.1 Å². The van der Waals surface area contributed by atoms with Crippen LogP contribution in [0.4, 0.5) is 5.69 Å². The molecular weight excluding hydrogens is 258 g/mol. The largest absolute Gasteiger partial charge is 0.487 e. The van der Waals surface area contributed by atoms with Crippen LogP contribution in [0.5, 0.6) is 5.75 Å². The molecule has 0 amide bonds. The molecular formula is C10H9N3O4S. The highest BCUT2D eigenvalue weighted by Crippen LogP contribution is 2.36. The normalized spacial score (nSPS) is 10.3. The number of ether oxygens (including phenoxy) is 1. The summed E-state index contributed by atoms with van der Waals surface area (Å²) in [5, 5.41) is 17.2. The van der Waals surface area contributed by atoms with Crippen molar-refractivity contribution in [2.45, 2.75) is 6.92 Å². The van der Waals surface area contributed by atoms with Crippen LogP contribution in [0.1, 0.15) is 6.92 Å². The second kappa shape index (κ2) is 4.96. The van der Waals surface area contributed by atoms with Crippen molar-refractivity contribution in [1.82, 2.24) is 10.2 Å². The van der Waals surface area contributed by atoms with E-state index in [1.54, 1.807) is 13.0 Å². The lowest BCUT2D eigenvalue weighted by Crippen LogP contribution is -1.99. The molecule has 0 aliphatic heterocycles. The molecule has 0 radical (unpaired) electrons. The summed E-state index contributed by atoms with van der Waals surface area (Å²) < 4.78 is 10.4. The molecule has 0 atom stereocenters. The maximum atomic E-state index is 10.9. The summed E-state index contributed by atoms with van der Waals surface area (Å²) >= 11 is 4.77. The fourth-order valence-electron chi connectivity index (χ4n) is 1.48. The molecule has 2 rings (SSSR count). The van der Waals surface area contributed by atoms with E-state index in [-0.39, 0.29) is 22.2 Å². The second-order valence-corrected chi connectivity index (χ2v) is 3.63. The number of nitro groups is 1. The maximum absolute atomic E-state index is 10.9. The van der Waals surface area contributed by atoms with Crippen LogP contribution in [-0.4, -0.2) is 21.7 Å². The summed E-state index contributed by atoms with van der Waals surface area (Å²) in [6.45, 7) is 2.03. The zero-order valence-corrected chi connectivity index (χ0v) is 10.2. The molecule has 0 saturated carbocycles. The Labute approximate surface area is 107 Å². The van der Waals surface area contributed by atoms with Gasteiger partial charge < -0.3 is 9.15 Å². The van der Waals surface area contributed by atoms with Crippen LogP contribution in [0.2, 0.25) is 0 Å². The van der Waals surface area contributed by atoms with Crippen LogP contribution < -0.4 is 4.74 Å². The van der Waals surface area contributed by atoms with Gasteiger partial charge in [0.2, 0.25) is 5.75 Å². The summed E-state index contributed by atoms with van der Waals surface area (Å²) in [4.78, 5) is 10.5. The van der Waals surface area contributed by atoms with Gasteiger partial charge in [0.1, 0.15) is 0 Å². The predicted molar refractivity (Wildman–Crippen MR) is 64.9 cm³/mol. The van der Waals surface area contributed by atoms with E-state index in [1.165, 1.54) is 12.1 Å². The number of aromatic nitrogens is 2. The summed E-state index contributed by atoms with van der Waals surface area (Å²) in [5.74, 6) is 0.280. The first-order valence-corrected chi connectivity index (χ1v) is 5.50. The fourth-order valence-corrected chi connectivity index (χ4v) is 1.60. The lowest BCUT2D eigenvalue weighted by atomic mass is 10.1. The molecule has 0 bridgehead atoms. The Kier molecular flexibility index (Phi) is 3.38. The molecule has 1 aromatic carbocycles. The molecule has 0 aliphatic rings. The molecule has 0 saturated heterocycles. The number of nitrogens with zero attached hydrogens (tertiary/aromatic N) is 2. The first-order chi connectivity index (χ1) is 8.63. The highest BCUT2D eigenvalue weighted by molar-refractivity contribution is 7.71. The Morgan fingerprint density at radius 1 is 1.61 bits per heavy atom. The zero-order valence-electron chi connectivity index (χ0n) is 9.37. The molecule has 1 aromatic heterocycles. The summed E-state index contributed by atoms with van der Waals surface area (Å²) in [5.41, 5.74) is 0.247. The molecule has 0 spiro atoms. The average Bonchev–Trinajstić information content (AvgIpc) is 2.76. The SMILES string of the molecule is CCOc1c(-c2n[nH]c(=S)o2)cccc1[N+](=O)[O-]. The van der Waals surface area contributed by atoms with Crippen molar-refractivity contribution in [3.63, 3.8) is 0 Å². The van der Waals surface area contributed by atoms with Gasteiger partial charge >= 0.3 is 5.69 Å². The van der Waals surface area contributed by atoms with E-state index in [1.807, 2.05) is 0 Å². The van der Waals surface area contributed by atoms with Crippen LogP contribution in [0.3, 0.4) is 0 Å². The number of nitrogens with one attached hydrogen (secondary N) is 1. The molecule has 7 nitrogen and oxygen atoms in total. The van der Waals surface area contributed by atoms with Gasteiger partial charge in [-0.2, -0.15) is 0 Å². The number of hydrogen-bond acceptors (Lipinski definition) is 6. The summed E-state index contributed by atoms with van der Waals surface area (Å²) in [6.07, 6.45) is 0. The fraction of sp³-hybridized carbons (Fsp3) is 0.200. The molecule has 2 aromatic rings. The van der Waals surface area contributed by atoms with E-state index in [4.69, 9.17) is 21.4 Å². The van der Waals surface area contributed by atoms with Crippen molar-refractivity contribution in [2.75, 3.05) is 6.61 Å². The van der Waals surface area contributed by atoms with Crippen LogP contribution >= 0.6 is 12.2 Å². The van der Waals surface area contributed by atoms with E-state index in [0.29, 0.717) is 12.2 Å². The van der Waals surface area contributed by atoms with Crippen LogP contribution in [0.25, 0.3) is 11.5 Å². The first-order valence-electron chi connectivity index (χ1n) is 5.09. The number of nitro benzene ring substituents is 1. The topological polar surface area (TPSA) is 94.2 Å². The quantitative estimate of drug-likeness (QED) is 0.520. The van der Waals surface area contributed by atoms with Gasteiger partial charge in [-0.05, 0) is 25.2 Å². The molecule has 0 aliphatic carbocycles.